The number of carbonyl (C=O) groups is 2. The molecule has 1 aromatic carbocycles. The summed E-state index contributed by atoms with van der Waals surface area (Å²) >= 11 is 0.967. The first-order chi connectivity index (χ1) is 15.9. The van der Waals surface area contributed by atoms with Crippen molar-refractivity contribution in [2.75, 3.05) is 6.61 Å². The fourth-order valence-corrected chi connectivity index (χ4v) is 4.82. The molecule has 2 atom stereocenters. The standard InChI is InChI=1S/C25H26FNO5S/c1-3-20-23(28)22(33-25(20)29)11-12-30-18-5-4-6-19(13-18)31-14-21-15(2)32-24(27-21)16-7-9-17(26)10-8-16/h3,7-11,18-19H,4-6,12-14H2,1-2H3/b20-3+,22-11-. The molecule has 33 heavy (non-hydrogen) atoms. The molecule has 6 nitrogen and oxygen atoms in total. The first-order valence-electron chi connectivity index (χ1n) is 11.0. The van der Waals surface area contributed by atoms with Gasteiger partial charge in [-0.25, -0.2) is 9.37 Å². The van der Waals surface area contributed by atoms with Crippen molar-refractivity contribution in [1.29, 1.82) is 0 Å². The molecule has 0 radical (unpaired) electrons. The van der Waals surface area contributed by atoms with Gasteiger partial charge in [0.05, 0.1) is 35.9 Å². The highest BCUT2D eigenvalue weighted by atomic mass is 32.2. The number of hydrogen-bond acceptors (Lipinski definition) is 7. The lowest BCUT2D eigenvalue weighted by Gasteiger charge is -2.28. The summed E-state index contributed by atoms with van der Waals surface area (Å²) in [6.07, 6.45) is 6.94. The Bertz CT molecular complexity index is 1090. The van der Waals surface area contributed by atoms with E-state index in [-0.39, 0.29) is 34.5 Å². The molecule has 2 aromatic rings. The Labute approximate surface area is 196 Å². The maximum absolute atomic E-state index is 13.1. The van der Waals surface area contributed by atoms with Crippen LogP contribution < -0.4 is 0 Å². The molecule has 1 saturated carbocycles. The van der Waals surface area contributed by atoms with Gasteiger partial charge in [0.2, 0.25) is 16.8 Å². The zero-order valence-electron chi connectivity index (χ0n) is 18.6. The van der Waals surface area contributed by atoms with Gasteiger partial charge in [-0.15, -0.1) is 0 Å². The molecule has 0 amide bonds. The summed E-state index contributed by atoms with van der Waals surface area (Å²) in [5.74, 6) is 0.602. The number of benzene rings is 1. The van der Waals surface area contributed by atoms with Gasteiger partial charge in [0, 0.05) is 5.56 Å². The average molecular weight is 472 g/mol. The molecule has 0 N–H and O–H groups in total. The van der Waals surface area contributed by atoms with Gasteiger partial charge in [-0.1, -0.05) is 6.08 Å². The Balaban J connectivity index is 1.27. The summed E-state index contributed by atoms with van der Waals surface area (Å²) in [5, 5.41) is -0.203. The lowest BCUT2D eigenvalue weighted by atomic mass is 9.95. The van der Waals surface area contributed by atoms with Crippen LogP contribution in [0.1, 0.15) is 44.1 Å². The Morgan fingerprint density at radius 1 is 1.18 bits per heavy atom. The largest absolute Gasteiger partial charge is 0.441 e. The van der Waals surface area contributed by atoms with Crippen LogP contribution >= 0.6 is 11.8 Å². The van der Waals surface area contributed by atoms with E-state index in [0.717, 1.165) is 43.1 Å². The van der Waals surface area contributed by atoms with Gasteiger partial charge in [-0.3, -0.25) is 9.59 Å². The van der Waals surface area contributed by atoms with E-state index in [1.807, 2.05) is 6.92 Å². The van der Waals surface area contributed by atoms with Crippen LogP contribution in [0.4, 0.5) is 4.39 Å². The van der Waals surface area contributed by atoms with Crippen molar-refractivity contribution in [2.45, 2.75) is 58.3 Å². The molecule has 0 spiro atoms. The van der Waals surface area contributed by atoms with Crippen LogP contribution in [-0.4, -0.2) is 34.7 Å². The third kappa shape index (κ3) is 5.69. The monoisotopic (exact) mass is 471 g/mol. The van der Waals surface area contributed by atoms with Gasteiger partial charge in [-0.2, -0.15) is 0 Å². The van der Waals surface area contributed by atoms with Crippen LogP contribution in [0, 0.1) is 12.7 Å². The van der Waals surface area contributed by atoms with Crippen LogP contribution in [0.2, 0.25) is 0 Å². The highest BCUT2D eigenvalue weighted by molar-refractivity contribution is 8.19. The van der Waals surface area contributed by atoms with Crippen LogP contribution in [0.5, 0.6) is 0 Å². The number of allylic oxidation sites excluding steroid dienone is 2. The van der Waals surface area contributed by atoms with Crippen molar-refractivity contribution >= 4 is 22.7 Å². The number of hydrogen-bond donors (Lipinski definition) is 0. The SMILES string of the molecule is C/C=C1/C(=O)S/C(=C\COC2CCCC(OCc3nc(-c4ccc(F)cc4)oc3C)C2)C1=O. The number of carbonyl (C=O) groups excluding carboxylic acids is 2. The predicted octanol–water partition coefficient (Wildman–Crippen LogP) is 5.31. The molecule has 8 heteroatoms. The second kappa shape index (κ2) is 10.6. The number of ether oxygens (including phenoxy) is 2. The summed E-state index contributed by atoms with van der Waals surface area (Å²) in [7, 11) is 0. The fourth-order valence-electron chi connectivity index (χ4n) is 3.95. The number of thioether (sulfide) groups is 1. The number of aromatic nitrogens is 1. The normalized spacial score (nSPS) is 23.7. The number of aryl methyl sites for hydroxylation is 1. The van der Waals surface area contributed by atoms with E-state index in [0.29, 0.717) is 35.3 Å². The number of rotatable bonds is 7. The van der Waals surface area contributed by atoms with Crippen LogP contribution in [0.3, 0.4) is 0 Å². The molecule has 1 aliphatic carbocycles. The van der Waals surface area contributed by atoms with Gasteiger partial charge in [0.15, 0.2) is 0 Å². The van der Waals surface area contributed by atoms with Gasteiger partial charge >= 0.3 is 0 Å². The number of Topliss-reactive ketones (excluding diaryl/α,β-unsaturated/α-hetero) is 1. The minimum Gasteiger partial charge on any atom is -0.441 e. The summed E-state index contributed by atoms with van der Waals surface area (Å²) in [6.45, 7) is 4.15. The van der Waals surface area contributed by atoms with E-state index in [2.05, 4.69) is 4.98 Å². The zero-order valence-corrected chi connectivity index (χ0v) is 19.5. The van der Waals surface area contributed by atoms with Crippen molar-refractivity contribution in [3.05, 3.63) is 64.2 Å². The summed E-state index contributed by atoms with van der Waals surface area (Å²) in [6, 6.07) is 6.02. The Kier molecular flexibility index (Phi) is 7.57. The van der Waals surface area contributed by atoms with E-state index >= 15 is 0 Å². The number of halogens is 1. The highest BCUT2D eigenvalue weighted by Crippen LogP contribution is 2.33. The second-order valence-electron chi connectivity index (χ2n) is 8.07. The van der Waals surface area contributed by atoms with Gasteiger partial charge < -0.3 is 13.9 Å². The quantitative estimate of drug-likeness (QED) is 0.400. The molecule has 2 unspecified atom stereocenters. The molecular formula is C25H26FNO5S. The Hall–Kier alpha value is -2.55. The average Bonchev–Trinajstić information content (AvgIpc) is 3.31. The second-order valence-corrected chi connectivity index (χ2v) is 9.09. The first kappa shape index (κ1) is 23.6. The van der Waals surface area contributed by atoms with Crippen LogP contribution in [0.25, 0.3) is 11.5 Å². The zero-order chi connectivity index (χ0) is 23.4. The smallest absolute Gasteiger partial charge is 0.227 e. The third-order valence-corrected chi connectivity index (χ3v) is 6.78. The Morgan fingerprint density at radius 2 is 1.91 bits per heavy atom. The molecule has 1 aliphatic heterocycles. The molecule has 2 aliphatic rings. The van der Waals surface area contributed by atoms with E-state index in [9.17, 15) is 14.0 Å². The van der Waals surface area contributed by atoms with Crippen molar-refractivity contribution in [1.82, 2.24) is 4.98 Å². The Morgan fingerprint density at radius 3 is 2.61 bits per heavy atom. The topological polar surface area (TPSA) is 78.6 Å². The fraction of sp³-hybridized carbons (Fsp3) is 0.400. The molecular weight excluding hydrogens is 445 g/mol. The van der Waals surface area contributed by atoms with E-state index < -0.39 is 0 Å². The summed E-state index contributed by atoms with van der Waals surface area (Å²) in [5.41, 5.74) is 1.68. The minimum atomic E-state index is -0.305. The molecule has 2 heterocycles. The lowest BCUT2D eigenvalue weighted by Crippen LogP contribution is -2.28. The van der Waals surface area contributed by atoms with Gasteiger partial charge in [-0.05, 0) is 81.6 Å². The van der Waals surface area contributed by atoms with Crippen molar-refractivity contribution in [3.63, 3.8) is 0 Å². The number of nitrogens with zero attached hydrogens (tertiary/aromatic N) is 1. The van der Waals surface area contributed by atoms with Crippen molar-refractivity contribution < 1.29 is 27.9 Å². The predicted molar refractivity (Wildman–Crippen MR) is 123 cm³/mol. The van der Waals surface area contributed by atoms with Crippen molar-refractivity contribution in [3.8, 4) is 11.5 Å². The van der Waals surface area contributed by atoms with Gasteiger partial charge in [0.1, 0.15) is 17.3 Å². The summed E-state index contributed by atoms with van der Waals surface area (Å²) in [4.78, 5) is 28.9. The molecule has 1 aromatic heterocycles. The van der Waals surface area contributed by atoms with E-state index in [1.54, 1.807) is 31.2 Å². The molecule has 2 fully saturated rings. The highest BCUT2D eigenvalue weighted by Gasteiger charge is 2.31. The molecule has 174 valence electrons. The van der Waals surface area contributed by atoms with E-state index in [1.165, 1.54) is 12.1 Å². The number of ketones is 1. The van der Waals surface area contributed by atoms with Crippen LogP contribution in [0.15, 0.2) is 51.3 Å². The van der Waals surface area contributed by atoms with E-state index in [4.69, 9.17) is 13.9 Å². The minimum absolute atomic E-state index is 0.0344. The molecule has 4 rings (SSSR count). The lowest BCUT2D eigenvalue weighted by molar-refractivity contribution is -0.114. The van der Waals surface area contributed by atoms with Gasteiger partial charge in [0.25, 0.3) is 0 Å². The number of oxazole rings is 1. The molecule has 0 bridgehead atoms. The third-order valence-electron chi connectivity index (χ3n) is 5.80. The molecule has 1 saturated heterocycles. The van der Waals surface area contributed by atoms with Crippen molar-refractivity contribution in [2.24, 2.45) is 0 Å². The maximum Gasteiger partial charge on any atom is 0.227 e. The van der Waals surface area contributed by atoms with Crippen LogP contribution in [-0.2, 0) is 25.7 Å². The first-order valence-corrected chi connectivity index (χ1v) is 11.8. The maximum atomic E-state index is 13.1. The summed E-state index contributed by atoms with van der Waals surface area (Å²) < 4.78 is 30.9.